The highest BCUT2D eigenvalue weighted by Gasteiger charge is 2.32. The van der Waals surface area contributed by atoms with Crippen molar-refractivity contribution in [3.63, 3.8) is 0 Å². The molecule has 3 heterocycles. The normalized spacial score (nSPS) is 17.2. The van der Waals surface area contributed by atoms with E-state index >= 15 is 0 Å². The Bertz CT molecular complexity index is 1310. The maximum absolute atomic E-state index is 12.6. The van der Waals surface area contributed by atoms with E-state index in [4.69, 9.17) is 16.3 Å². The monoisotopic (exact) mass is 647 g/mol. The molecule has 2 fully saturated rings. The van der Waals surface area contributed by atoms with Crippen LogP contribution in [0.4, 0.5) is 16.3 Å². The van der Waals surface area contributed by atoms with Crippen LogP contribution in [0.3, 0.4) is 0 Å². The molecule has 0 aliphatic carbocycles. The zero-order valence-corrected chi connectivity index (χ0v) is 27.3. The van der Waals surface area contributed by atoms with Gasteiger partial charge in [0.2, 0.25) is 11.8 Å². The predicted octanol–water partition coefficient (Wildman–Crippen LogP) is 4.66. The van der Waals surface area contributed by atoms with Crippen molar-refractivity contribution in [2.24, 2.45) is 5.41 Å². The number of carbonyl (C=O) groups is 3. The van der Waals surface area contributed by atoms with Crippen molar-refractivity contribution in [1.29, 1.82) is 0 Å². The van der Waals surface area contributed by atoms with E-state index in [1.165, 1.54) is 16.8 Å². The fourth-order valence-corrected chi connectivity index (χ4v) is 5.98. The zero-order chi connectivity index (χ0) is 31.9. The Balaban J connectivity index is 1.25. The van der Waals surface area contributed by atoms with Crippen molar-refractivity contribution in [3.05, 3.63) is 35.6 Å². The van der Waals surface area contributed by atoms with Gasteiger partial charge >= 0.3 is 6.09 Å². The van der Waals surface area contributed by atoms with Gasteiger partial charge in [-0.1, -0.05) is 36.4 Å². The zero-order valence-electron chi connectivity index (χ0n) is 25.8. The third-order valence-corrected chi connectivity index (χ3v) is 9.09. The number of halogens is 1. The second-order valence-corrected chi connectivity index (χ2v) is 13.9. The number of carbonyl (C=O) groups excluding carboxylic acids is 3. The molecule has 2 aliphatic heterocycles. The van der Waals surface area contributed by atoms with E-state index in [0.29, 0.717) is 48.5 Å². The third kappa shape index (κ3) is 9.94. The average Bonchev–Trinajstić information content (AvgIpc) is 2.97. The third-order valence-electron chi connectivity index (χ3n) is 7.59. The molecule has 12 nitrogen and oxygen atoms in total. The number of piperazine rings is 1. The van der Waals surface area contributed by atoms with Crippen LogP contribution in [-0.4, -0.2) is 94.5 Å². The molecule has 3 amide bonds. The molecule has 0 bridgehead atoms. The fourth-order valence-electron chi connectivity index (χ4n) is 4.91. The van der Waals surface area contributed by atoms with Crippen LogP contribution in [0.2, 0.25) is 5.02 Å². The SMILES string of the molecule is CC1(CNC(=O)OC(C)(C)C)CCN(c2cnc(Sc3cccc(NC(=O)CCC(=O)N4CCN(O)CC4)c3Cl)cn2)CC1. The number of hydrogen-bond donors (Lipinski definition) is 3. The first kappa shape index (κ1) is 33.8. The van der Waals surface area contributed by atoms with Crippen molar-refractivity contribution >= 4 is 52.8 Å². The minimum Gasteiger partial charge on any atom is -0.444 e. The van der Waals surface area contributed by atoms with Gasteiger partial charge in [-0.2, -0.15) is 5.06 Å². The minimum atomic E-state index is -0.525. The molecular formula is C30H42ClN7O5S. The maximum Gasteiger partial charge on any atom is 0.407 e. The number of anilines is 2. The lowest BCUT2D eigenvalue weighted by Gasteiger charge is -2.40. The molecule has 1 aromatic heterocycles. The van der Waals surface area contributed by atoms with Crippen LogP contribution in [0.25, 0.3) is 0 Å². The summed E-state index contributed by atoms with van der Waals surface area (Å²) in [7, 11) is 0. The van der Waals surface area contributed by atoms with Crippen LogP contribution in [-0.2, 0) is 14.3 Å². The number of amides is 3. The Morgan fingerprint density at radius 2 is 1.75 bits per heavy atom. The molecule has 3 N–H and O–H groups in total. The number of hydroxylamine groups is 2. The Morgan fingerprint density at radius 1 is 1.05 bits per heavy atom. The Labute approximate surface area is 267 Å². The highest BCUT2D eigenvalue weighted by molar-refractivity contribution is 7.99. The van der Waals surface area contributed by atoms with Gasteiger partial charge in [0.15, 0.2) is 0 Å². The number of rotatable bonds is 9. The smallest absolute Gasteiger partial charge is 0.407 e. The molecular weight excluding hydrogens is 606 g/mol. The van der Waals surface area contributed by atoms with Crippen LogP contribution in [0.5, 0.6) is 0 Å². The van der Waals surface area contributed by atoms with Crippen LogP contribution in [0.15, 0.2) is 40.5 Å². The van der Waals surface area contributed by atoms with Crippen LogP contribution < -0.4 is 15.5 Å². The highest BCUT2D eigenvalue weighted by Crippen LogP contribution is 2.37. The van der Waals surface area contributed by atoms with Crippen molar-refractivity contribution in [2.75, 3.05) is 56.0 Å². The molecule has 0 atom stereocenters. The molecule has 0 spiro atoms. The van der Waals surface area contributed by atoms with E-state index in [9.17, 15) is 19.6 Å². The number of ether oxygens (including phenoxy) is 1. The van der Waals surface area contributed by atoms with Crippen molar-refractivity contribution in [3.8, 4) is 0 Å². The first-order valence-electron chi connectivity index (χ1n) is 14.8. The van der Waals surface area contributed by atoms with Gasteiger partial charge in [-0.15, -0.1) is 0 Å². The van der Waals surface area contributed by atoms with Gasteiger partial charge < -0.3 is 30.4 Å². The summed E-state index contributed by atoms with van der Waals surface area (Å²) in [4.78, 5) is 50.8. The molecule has 14 heteroatoms. The predicted molar refractivity (Wildman–Crippen MR) is 169 cm³/mol. The van der Waals surface area contributed by atoms with Gasteiger partial charge in [-0.25, -0.2) is 14.8 Å². The summed E-state index contributed by atoms with van der Waals surface area (Å²) in [5, 5.41) is 17.4. The van der Waals surface area contributed by atoms with Crippen molar-refractivity contribution < 1.29 is 24.3 Å². The Hall–Kier alpha value is -3.13. The summed E-state index contributed by atoms with van der Waals surface area (Å²) in [6, 6.07) is 5.36. The molecule has 44 heavy (non-hydrogen) atoms. The highest BCUT2D eigenvalue weighted by atomic mass is 35.5. The molecule has 240 valence electrons. The number of nitrogens with zero attached hydrogens (tertiary/aromatic N) is 5. The van der Waals surface area contributed by atoms with E-state index in [-0.39, 0.29) is 30.1 Å². The summed E-state index contributed by atoms with van der Waals surface area (Å²) < 4.78 is 5.36. The summed E-state index contributed by atoms with van der Waals surface area (Å²) in [6.07, 6.45) is 4.98. The number of benzene rings is 1. The molecule has 4 rings (SSSR count). The average molecular weight is 648 g/mol. The van der Waals surface area contributed by atoms with Crippen molar-refractivity contribution in [1.82, 2.24) is 25.2 Å². The maximum atomic E-state index is 12.6. The van der Waals surface area contributed by atoms with E-state index in [1.54, 1.807) is 29.4 Å². The molecule has 0 saturated carbocycles. The summed E-state index contributed by atoms with van der Waals surface area (Å²) in [5.41, 5.74) is -0.0898. The number of nitrogens with one attached hydrogen (secondary N) is 2. The second kappa shape index (κ2) is 14.8. The van der Waals surface area contributed by atoms with E-state index in [0.717, 1.165) is 36.6 Å². The van der Waals surface area contributed by atoms with Gasteiger partial charge in [0, 0.05) is 63.6 Å². The minimum absolute atomic E-state index is 0.0282. The van der Waals surface area contributed by atoms with Gasteiger partial charge in [0.25, 0.3) is 0 Å². The van der Waals surface area contributed by atoms with Gasteiger partial charge in [0.05, 0.1) is 23.1 Å². The first-order chi connectivity index (χ1) is 20.8. The lowest BCUT2D eigenvalue weighted by atomic mass is 9.80. The Kier molecular flexibility index (Phi) is 11.3. The van der Waals surface area contributed by atoms with Crippen LogP contribution in [0, 0.1) is 5.41 Å². The van der Waals surface area contributed by atoms with Crippen LogP contribution in [0.1, 0.15) is 53.4 Å². The number of hydrogen-bond acceptors (Lipinski definition) is 10. The lowest BCUT2D eigenvalue weighted by Crippen LogP contribution is -2.47. The molecule has 2 aliphatic rings. The second-order valence-electron chi connectivity index (χ2n) is 12.5. The lowest BCUT2D eigenvalue weighted by molar-refractivity contribution is -0.146. The molecule has 0 radical (unpaired) electrons. The molecule has 2 aromatic rings. The standard InChI is InChI=1S/C30H42ClN7O5S/c1-29(2,3)43-28(41)34-20-30(4)10-12-36(13-11-30)23-18-33-25(19-32-23)44-22-7-5-6-21(27(22)31)35-24(39)8-9-26(40)37-14-16-38(42)17-15-37/h5-7,18-19,42H,8-17,20H2,1-4H3,(H,34,41)(H,35,39). The van der Waals surface area contributed by atoms with Gasteiger partial charge in [-0.3, -0.25) is 9.59 Å². The molecule has 1 aromatic carbocycles. The van der Waals surface area contributed by atoms with E-state index in [1.807, 2.05) is 26.8 Å². The van der Waals surface area contributed by atoms with Crippen molar-refractivity contribution in [2.45, 2.75) is 68.9 Å². The van der Waals surface area contributed by atoms with E-state index in [2.05, 4.69) is 32.4 Å². The topological polar surface area (TPSA) is 140 Å². The fraction of sp³-hybridized carbons (Fsp3) is 0.567. The first-order valence-corrected chi connectivity index (χ1v) is 16.0. The quantitative estimate of drug-likeness (QED) is 0.352. The number of aromatic nitrogens is 2. The van der Waals surface area contributed by atoms with Crippen LogP contribution >= 0.6 is 23.4 Å². The summed E-state index contributed by atoms with van der Waals surface area (Å²) in [6.45, 7) is 11.6. The molecule has 0 unspecified atom stereocenters. The van der Waals surface area contributed by atoms with Gasteiger partial charge in [-0.05, 0) is 51.2 Å². The largest absolute Gasteiger partial charge is 0.444 e. The summed E-state index contributed by atoms with van der Waals surface area (Å²) >= 11 is 7.98. The summed E-state index contributed by atoms with van der Waals surface area (Å²) in [5.74, 6) is 0.376. The number of alkyl carbamates (subject to hydrolysis) is 1. The molecule has 2 saturated heterocycles. The van der Waals surface area contributed by atoms with E-state index < -0.39 is 11.7 Å². The number of piperidine rings is 1. The van der Waals surface area contributed by atoms with Gasteiger partial charge in [0.1, 0.15) is 16.4 Å². The Morgan fingerprint density at radius 3 is 2.39 bits per heavy atom.